The van der Waals surface area contributed by atoms with Crippen molar-refractivity contribution in [3.63, 3.8) is 0 Å². The highest BCUT2D eigenvalue weighted by molar-refractivity contribution is 7.89. The monoisotopic (exact) mass is 323 g/mol. The van der Waals surface area contributed by atoms with Crippen LogP contribution in [0.1, 0.15) is 30.3 Å². The third-order valence-electron chi connectivity index (χ3n) is 4.07. The lowest BCUT2D eigenvalue weighted by Gasteiger charge is -2.31. The van der Waals surface area contributed by atoms with E-state index in [2.05, 4.69) is 9.97 Å². The zero-order valence-electron chi connectivity index (χ0n) is 13.1. The number of aryl methyl sites for hydroxylation is 3. The summed E-state index contributed by atoms with van der Waals surface area (Å²) in [5.41, 5.74) is 0.960. The number of sulfonamides is 1. The van der Waals surface area contributed by atoms with Gasteiger partial charge < -0.3 is 9.13 Å². The zero-order valence-corrected chi connectivity index (χ0v) is 13.9. The molecule has 0 saturated carbocycles. The standard InChI is InChI=1S/C14H21N5O2S/c1-11-7-18(3)14(16-11)12-5-4-6-19(8-12)22(20,21)13-9-17(2)10-15-13/h7,9-10,12H,4-6,8H2,1-3H3/t12-/m1/s1. The van der Waals surface area contributed by atoms with Crippen LogP contribution in [-0.4, -0.2) is 44.9 Å². The molecule has 0 radical (unpaired) electrons. The minimum absolute atomic E-state index is 0.117. The summed E-state index contributed by atoms with van der Waals surface area (Å²) >= 11 is 0. The first-order valence-corrected chi connectivity index (χ1v) is 8.80. The van der Waals surface area contributed by atoms with Gasteiger partial charge in [0.25, 0.3) is 10.0 Å². The van der Waals surface area contributed by atoms with Gasteiger partial charge in [-0.1, -0.05) is 0 Å². The smallest absolute Gasteiger partial charge is 0.262 e. The molecule has 2 aromatic rings. The van der Waals surface area contributed by atoms with Crippen LogP contribution in [0.25, 0.3) is 0 Å². The van der Waals surface area contributed by atoms with Crippen molar-refractivity contribution in [2.24, 2.45) is 14.1 Å². The molecule has 0 N–H and O–H groups in total. The highest BCUT2D eigenvalue weighted by Gasteiger charge is 2.33. The van der Waals surface area contributed by atoms with Crippen LogP contribution < -0.4 is 0 Å². The van der Waals surface area contributed by atoms with Crippen LogP contribution in [0.3, 0.4) is 0 Å². The summed E-state index contributed by atoms with van der Waals surface area (Å²) in [6, 6.07) is 0. The van der Waals surface area contributed by atoms with E-state index in [4.69, 9.17) is 0 Å². The Hall–Kier alpha value is -1.67. The van der Waals surface area contributed by atoms with Crippen molar-refractivity contribution >= 4 is 10.0 Å². The molecule has 120 valence electrons. The predicted octanol–water partition coefficient (Wildman–Crippen LogP) is 1.03. The Bertz CT molecular complexity index is 777. The third kappa shape index (κ3) is 2.68. The lowest BCUT2D eigenvalue weighted by atomic mass is 9.99. The SMILES string of the molecule is Cc1cn(C)c([C@@H]2CCCN(S(=O)(=O)c3cn(C)cn3)C2)n1. The number of nitrogens with zero attached hydrogens (tertiary/aromatic N) is 5. The molecule has 1 atom stereocenters. The summed E-state index contributed by atoms with van der Waals surface area (Å²) in [6.45, 7) is 2.96. The molecule has 0 unspecified atom stereocenters. The first-order valence-electron chi connectivity index (χ1n) is 7.36. The Morgan fingerprint density at radius 1 is 1.27 bits per heavy atom. The maximum Gasteiger partial charge on any atom is 0.262 e. The molecule has 8 heteroatoms. The molecule has 1 saturated heterocycles. The molecule has 0 amide bonds. The summed E-state index contributed by atoms with van der Waals surface area (Å²) in [7, 11) is 0.202. The molecule has 1 aliphatic heterocycles. The van der Waals surface area contributed by atoms with Crippen molar-refractivity contribution in [3.8, 4) is 0 Å². The lowest BCUT2D eigenvalue weighted by Crippen LogP contribution is -2.39. The lowest BCUT2D eigenvalue weighted by molar-refractivity contribution is 0.305. The second-order valence-electron chi connectivity index (χ2n) is 5.93. The largest absolute Gasteiger partial charge is 0.339 e. The van der Waals surface area contributed by atoms with Gasteiger partial charge in [0.2, 0.25) is 0 Å². The molecule has 7 nitrogen and oxygen atoms in total. The number of imidazole rings is 2. The van der Waals surface area contributed by atoms with E-state index in [1.807, 2.05) is 24.7 Å². The molecule has 0 aliphatic carbocycles. The highest BCUT2D eigenvalue weighted by Crippen LogP contribution is 2.29. The van der Waals surface area contributed by atoms with Crippen LogP contribution >= 0.6 is 0 Å². The number of hydrogen-bond acceptors (Lipinski definition) is 4. The molecule has 3 heterocycles. The van der Waals surface area contributed by atoms with Crippen LogP contribution in [0.4, 0.5) is 0 Å². The van der Waals surface area contributed by atoms with Crippen LogP contribution in [0.5, 0.6) is 0 Å². The number of hydrogen-bond donors (Lipinski definition) is 0. The molecule has 1 fully saturated rings. The van der Waals surface area contributed by atoms with Crippen LogP contribution in [0.2, 0.25) is 0 Å². The number of aromatic nitrogens is 4. The van der Waals surface area contributed by atoms with Gasteiger partial charge in [-0.3, -0.25) is 0 Å². The summed E-state index contributed by atoms with van der Waals surface area (Å²) in [5.74, 6) is 1.09. The molecule has 1 aliphatic rings. The topological polar surface area (TPSA) is 73.0 Å². The summed E-state index contributed by atoms with van der Waals surface area (Å²) in [6.07, 6.45) is 6.82. The van der Waals surface area contributed by atoms with E-state index in [0.29, 0.717) is 13.1 Å². The van der Waals surface area contributed by atoms with Crippen molar-refractivity contribution in [3.05, 3.63) is 30.2 Å². The molecule has 0 aromatic carbocycles. The zero-order chi connectivity index (χ0) is 15.9. The van der Waals surface area contributed by atoms with Crippen LogP contribution in [0.15, 0.2) is 23.7 Å². The molecular weight excluding hydrogens is 302 g/mol. The van der Waals surface area contributed by atoms with Gasteiger partial charge in [-0.2, -0.15) is 4.31 Å². The van der Waals surface area contributed by atoms with Gasteiger partial charge in [-0.05, 0) is 19.8 Å². The van der Waals surface area contributed by atoms with Crippen LogP contribution in [-0.2, 0) is 24.1 Å². The van der Waals surface area contributed by atoms with E-state index in [9.17, 15) is 8.42 Å². The van der Waals surface area contributed by atoms with Gasteiger partial charge in [0.1, 0.15) is 5.82 Å². The number of rotatable bonds is 3. The normalized spacial score (nSPS) is 20.4. The first-order chi connectivity index (χ1) is 10.4. The highest BCUT2D eigenvalue weighted by atomic mass is 32.2. The van der Waals surface area contributed by atoms with E-state index in [1.165, 1.54) is 10.6 Å². The van der Waals surface area contributed by atoms with Gasteiger partial charge in [-0.25, -0.2) is 18.4 Å². The minimum Gasteiger partial charge on any atom is -0.339 e. The maximum atomic E-state index is 12.7. The third-order valence-corrected chi connectivity index (χ3v) is 5.82. The van der Waals surface area contributed by atoms with E-state index in [-0.39, 0.29) is 10.9 Å². The Balaban J connectivity index is 1.85. The van der Waals surface area contributed by atoms with Crippen molar-refractivity contribution < 1.29 is 8.42 Å². The molecule has 22 heavy (non-hydrogen) atoms. The Morgan fingerprint density at radius 3 is 2.64 bits per heavy atom. The fourth-order valence-corrected chi connectivity index (χ4v) is 4.53. The van der Waals surface area contributed by atoms with Gasteiger partial charge in [0.05, 0.1) is 12.0 Å². The van der Waals surface area contributed by atoms with E-state index in [0.717, 1.165) is 24.4 Å². The average Bonchev–Trinajstić information content (AvgIpc) is 3.05. The molecule has 0 spiro atoms. The van der Waals surface area contributed by atoms with Crippen molar-refractivity contribution in [1.82, 2.24) is 23.4 Å². The van der Waals surface area contributed by atoms with Crippen molar-refractivity contribution in [2.45, 2.75) is 30.7 Å². The second kappa shape index (κ2) is 5.51. The summed E-state index contributed by atoms with van der Waals surface area (Å²) in [5, 5.41) is 0.117. The quantitative estimate of drug-likeness (QED) is 0.846. The van der Waals surface area contributed by atoms with E-state index < -0.39 is 10.0 Å². The molecular formula is C14H21N5O2S. The number of piperidine rings is 1. The Morgan fingerprint density at radius 2 is 2.05 bits per heavy atom. The van der Waals surface area contributed by atoms with Gasteiger partial charge >= 0.3 is 0 Å². The van der Waals surface area contributed by atoms with Crippen LogP contribution in [0, 0.1) is 6.92 Å². The maximum absolute atomic E-state index is 12.7. The minimum atomic E-state index is -3.52. The van der Waals surface area contributed by atoms with Gasteiger partial charge in [-0.15, -0.1) is 0 Å². The fourth-order valence-electron chi connectivity index (χ4n) is 3.04. The predicted molar refractivity (Wildman–Crippen MR) is 81.9 cm³/mol. The summed E-state index contributed by atoms with van der Waals surface area (Å²) < 4.78 is 30.6. The van der Waals surface area contributed by atoms with Gasteiger partial charge in [0, 0.05) is 45.5 Å². The Kier molecular flexibility index (Phi) is 3.82. The molecule has 3 rings (SSSR count). The van der Waals surface area contributed by atoms with Crippen molar-refractivity contribution in [2.75, 3.05) is 13.1 Å². The fraction of sp³-hybridized carbons (Fsp3) is 0.571. The van der Waals surface area contributed by atoms with Gasteiger partial charge in [0.15, 0.2) is 5.03 Å². The second-order valence-corrected chi connectivity index (χ2v) is 7.82. The average molecular weight is 323 g/mol. The molecule has 0 bridgehead atoms. The first kappa shape index (κ1) is 15.2. The van der Waals surface area contributed by atoms with Crippen molar-refractivity contribution in [1.29, 1.82) is 0 Å². The van der Waals surface area contributed by atoms with E-state index in [1.54, 1.807) is 17.8 Å². The molecule has 2 aromatic heterocycles. The van der Waals surface area contributed by atoms with E-state index >= 15 is 0 Å². The summed E-state index contributed by atoms with van der Waals surface area (Å²) in [4.78, 5) is 8.54. The Labute approximate surface area is 130 Å².